The van der Waals surface area contributed by atoms with Crippen LogP contribution in [0.3, 0.4) is 0 Å². The lowest BCUT2D eigenvalue weighted by molar-refractivity contribution is 1.18. The normalized spacial score (nSPS) is 11.1. The topological polar surface area (TPSA) is 61.8 Å². The third-order valence-electron chi connectivity index (χ3n) is 9.62. The Balaban J connectivity index is 1.19. The summed E-state index contributed by atoms with van der Waals surface area (Å²) in [6.45, 7) is 7.54. The summed E-state index contributed by atoms with van der Waals surface area (Å²) in [6, 6.07) is 55.6. The van der Waals surface area contributed by atoms with Gasteiger partial charge in [-0.25, -0.2) is 4.85 Å². The van der Waals surface area contributed by atoms with E-state index in [1.165, 1.54) is 0 Å². The fourth-order valence-corrected chi connectivity index (χ4v) is 7.45. The molecule has 9 aromatic rings. The summed E-state index contributed by atoms with van der Waals surface area (Å²) in [5.41, 5.74) is 11.5. The third kappa shape index (κ3) is 4.31. The molecular weight excluding hydrogens is 611 g/mol. The van der Waals surface area contributed by atoms with Crippen LogP contribution in [0.25, 0.3) is 82.1 Å². The Morgan fingerprint density at radius 2 is 1.16 bits per heavy atom. The molecule has 230 valence electrons. The quantitative estimate of drug-likeness (QED) is 0.181. The lowest BCUT2D eigenvalue weighted by Crippen LogP contribution is -1.98. The third-order valence-corrected chi connectivity index (χ3v) is 9.62. The van der Waals surface area contributed by atoms with Crippen LogP contribution in [0.2, 0.25) is 0 Å². The van der Waals surface area contributed by atoms with Crippen molar-refractivity contribution in [2.45, 2.75) is 0 Å². The summed E-state index contributed by atoms with van der Waals surface area (Å²) in [6.07, 6.45) is 0. The molecule has 2 heterocycles. The first-order valence-corrected chi connectivity index (χ1v) is 16.3. The van der Waals surface area contributed by atoms with Crippen LogP contribution in [0, 0.1) is 29.2 Å². The van der Waals surface area contributed by atoms with Crippen molar-refractivity contribution < 1.29 is 0 Å². The first kappa shape index (κ1) is 28.8. The van der Waals surface area contributed by atoms with E-state index in [4.69, 9.17) is 6.57 Å². The number of hydrogen-bond donors (Lipinski definition) is 0. The zero-order valence-corrected chi connectivity index (χ0v) is 26.7. The number of fused-ring (bicyclic) bond motifs is 6. The van der Waals surface area contributed by atoms with E-state index in [1.807, 2.05) is 84.9 Å². The number of rotatable bonds is 4. The van der Waals surface area contributed by atoms with Gasteiger partial charge in [0.25, 0.3) is 0 Å². The average molecular weight is 636 g/mol. The molecule has 0 aliphatic carbocycles. The molecule has 0 amide bonds. The number of aromatic nitrogens is 2. The number of benzene rings is 7. The zero-order chi connectivity index (χ0) is 33.8. The maximum atomic E-state index is 10.6. The Morgan fingerprint density at radius 3 is 1.98 bits per heavy atom. The smallest absolute Gasteiger partial charge is 0.188 e. The molecule has 0 atom stereocenters. The minimum absolute atomic E-state index is 0.572. The first-order chi connectivity index (χ1) is 24.7. The van der Waals surface area contributed by atoms with Crippen LogP contribution in [0.5, 0.6) is 0 Å². The van der Waals surface area contributed by atoms with Crippen LogP contribution in [0.15, 0.2) is 152 Å². The van der Waals surface area contributed by atoms with Crippen molar-refractivity contribution in [2.24, 2.45) is 0 Å². The Bertz CT molecular complexity index is 2970. The fraction of sp³-hybridized carbons (Fsp3) is 0. The van der Waals surface area contributed by atoms with Gasteiger partial charge in [-0.05, 0) is 77.2 Å². The molecule has 0 saturated carbocycles. The summed E-state index contributed by atoms with van der Waals surface area (Å²) in [5.74, 6) is 0. The van der Waals surface area contributed by atoms with Gasteiger partial charge in [0.1, 0.15) is 0 Å². The minimum Gasteiger partial charge on any atom is -0.309 e. The molecule has 9 rings (SSSR count). The monoisotopic (exact) mass is 635 g/mol. The van der Waals surface area contributed by atoms with Crippen molar-refractivity contribution in [3.8, 4) is 45.8 Å². The van der Waals surface area contributed by atoms with Gasteiger partial charge >= 0.3 is 0 Å². The molecule has 0 N–H and O–H groups in total. The van der Waals surface area contributed by atoms with Crippen molar-refractivity contribution in [3.63, 3.8) is 0 Å². The molecule has 0 aliphatic heterocycles. The van der Waals surface area contributed by atoms with Crippen LogP contribution in [0.4, 0.5) is 5.69 Å². The summed E-state index contributed by atoms with van der Waals surface area (Å²) in [7, 11) is 0. The van der Waals surface area contributed by atoms with Crippen molar-refractivity contribution >= 4 is 49.3 Å². The van der Waals surface area contributed by atoms with E-state index in [0.717, 1.165) is 77.2 Å². The molecule has 2 aromatic heterocycles. The highest BCUT2D eigenvalue weighted by Crippen LogP contribution is 2.40. The molecule has 0 spiro atoms. The first-order valence-electron chi connectivity index (χ1n) is 16.3. The van der Waals surface area contributed by atoms with Crippen molar-refractivity contribution in [2.75, 3.05) is 0 Å². The molecule has 0 saturated heterocycles. The van der Waals surface area contributed by atoms with Gasteiger partial charge in [-0.1, -0.05) is 91.0 Å². The predicted molar refractivity (Wildman–Crippen MR) is 202 cm³/mol. The second-order valence-electron chi connectivity index (χ2n) is 12.3. The van der Waals surface area contributed by atoms with E-state index < -0.39 is 0 Å². The van der Waals surface area contributed by atoms with Crippen LogP contribution >= 0.6 is 0 Å². The molecule has 0 fully saturated rings. The second kappa shape index (κ2) is 11.4. The minimum atomic E-state index is 0.572. The van der Waals surface area contributed by atoms with E-state index >= 15 is 0 Å². The van der Waals surface area contributed by atoms with Crippen LogP contribution in [0.1, 0.15) is 11.1 Å². The summed E-state index contributed by atoms with van der Waals surface area (Å²) in [5, 5.41) is 24.6. The van der Waals surface area contributed by atoms with Crippen molar-refractivity contribution in [1.29, 1.82) is 10.5 Å². The van der Waals surface area contributed by atoms with Gasteiger partial charge in [-0.3, -0.25) is 0 Å². The highest BCUT2D eigenvalue weighted by Gasteiger charge is 2.19. The number of hydrogen-bond acceptors (Lipinski definition) is 2. The van der Waals surface area contributed by atoms with Gasteiger partial charge in [0.05, 0.1) is 57.6 Å². The molecular formula is C45H25N5. The van der Waals surface area contributed by atoms with Gasteiger partial charge in [0.2, 0.25) is 0 Å². The van der Waals surface area contributed by atoms with Crippen LogP contribution < -0.4 is 0 Å². The Hall–Kier alpha value is -7.39. The van der Waals surface area contributed by atoms with Gasteiger partial charge in [0.15, 0.2) is 5.69 Å². The molecule has 5 heteroatoms. The zero-order valence-electron chi connectivity index (χ0n) is 26.7. The molecule has 0 bridgehead atoms. The van der Waals surface area contributed by atoms with Gasteiger partial charge in [-0.2, -0.15) is 10.5 Å². The van der Waals surface area contributed by atoms with E-state index in [0.29, 0.717) is 16.8 Å². The fourth-order valence-electron chi connectivity index (χ4n) is 7.45. The highest BCUT2D eigenvalue weighted by atomic mass is 15.0. The lowest BCUT2D eigenvalue weighted by Gasteiger charge is -2.16. The van der Waals surface area contributed by atoms with Crippen molar-refractivity contribution in [1.82, 2.24) is 9.13 Å². The average Bonchev–Trinajstić information content (AvgIpc) is 3.70. The molecule has 0 unspecified atom stereocenters. The van der Waals surface area contributed by atoms with E-state index in [1.54, 1.807) is 0 Å². The van der Waals surface area contributed by atoms with Gasteiger partial charge < -0.3 is 9.13 Å². The molecule has 50 heavy (non-hydrogen) atoms. The SMILES string of the molecule is [C-]#[N+]c1ccc2c(c1)c1ccccc1n2-c1cccc(-c2ccc(-c3ccccc3-n3c4ccccc4c4c(C#N)cccc43)c(C#N)c2)c1. The number of para-hydroxylation sites is 3. The summed E-state index contributed by atoms with van der Waals surface area (Å²) < 4.78 is 4.44. The van der Waals surface area contributed by atoms with Crippen molar-refractivity contribution in [3.05, 3.63) is 174 Å². The maximum absolute atomic E-state index is 10.6. The summed E-state index contributed by atoms with van der Waals surface area (Å²) in [4.78, 5) is 3.66. The van der Waals surface area contributed by atoms with Gasteiger partial charge in [0, 0.05) is 33.0 Å². The molecule has 0 aliphatic rings. The summed E-state index contributed by atoms with van der Waals surface area (Å²) >= 11 is 0. The standard InChI is InChI=1S/C45H25N5/c1-48-33-21-23-43-39(26-33)37-14-3-5-16-40(37)49(43)34-12-8-10-29(25-34)30-20-22-35(32(24-30)28-47)36-13-2-6-17-41(36)50-42-18-7-4-15-38(42)45-31(27-46)11-9-19-44(45)50/h2-26H. The largest absolute Gasteiger partial charge is 0.309 e. The maximum Gasteiger partial charge on any atom is 0.188 e. The van der Waals surface area contributed by atoms with E-state index in [9.17, 15) is 10.5 Å². The van der Waals surface area contributed by atoms with E-state index in [2.05, 4.69) is 92.8 Å². The van der Waals surface area contributed by atoms with Gasteiger partial charge in [-0.15, -0.1) is 0 Å². The Kier molecular flexibility index (Phi) is 6.56. The molecule has 5 nitrogen and oxygen atoms in total. The van der Waals surface area contributed by atoms with E-state index in [-0.39, 0.29) is 0 Å². The molecule has 0 radical (unpaired) electrons. The predicted octanol–water partition coefficient (Wildman–Crippen LogP) is 11.5. The Labute approximate surface area is 288 Å². The number of nitriles is 2. The number of nitrogens with zero attached hydrogens (tertiary/aromatic N) is 5. The highest BCUT2D eigenvalue weighted by molar-refractivity contribution is 6.12. The van der Waals surface area contributed by atoms with Crippen LogP contribution in [-0.2, 0) is 0 Å². The second-order valence-corrected chi connectivity index (χ2v) is 12.3. The van der Waals surface area contributed by atoms with Crippen LogP contribution in [-0.4, -0.2) is 9.13 Å². The molecule has 7 aromatic carbocycles. The lowest BCUT2D eigenvalue weighted by atomic mass is 9.94. The Morgan fingerprint density at radius 1 is 0.480 bits per heavy atom.